The number of aromatic hydroxyl groups is 1. The van der Waals surface area contributed by atoms with Gasteiger partial charge in [0.2, 0.25) is 0 Å². The summed E-state index contributed by atoms with van der Waals surface area (Å²) in [6.45, 7) is 2.15. The first-order valence-corrected chi connectivity index (χ1v) is 8.57. The number of hydrogen-bond acceptors (Lipinski definition) is 5. The maximum Gasteiger partial charge on any atom is 1.00 e. The van der Waals surface area contributed by atoms with E-state index in [4.69, 9.17) is 9.63 Å². The molecule has 11 heteroatoms. The summed E-state index contributed by atoms with van der Waals surface area (Å²) in [6, 6.07) is 7.13. The third-order valence-corrected chi connectivity index (χ3v) is 4.17. The average molecular weight is 445 g/mol. The topological polar surface area (TPSA) is 118 Å². The van der Waals surface area contributed by atoms with Crippen molar-refractivity contribution in [2.24, 2.45) is 0 Å². The fourth-order valence-electron chi connectivity index (χ4n) is 2.64. The molecule has 154 valence electrons. The summed E-state index contributed by atoms with van der Waals surface area (Å²) < 4.78 is 35.3. The van der Waals surface area contributed by atoms with Crippen molar-refractivity contribution in [3.8, 4) is 17.1 Å². The summed E-state index contributed by atoms with van der Waals surface area (Å²) in [5.74, 6) is -6.61. The molecule has 30 heavy (non-hydrogen) atoms. The van der Waals surface area contributed by atoms with Gasteiger partial charge in [-0.3, -0.25) is 4.79 Å². The quantitative estimate of drug-likeness (QED) is 0.456. The van der Waals surface area contributed by atoms with Crippen molar-refractivity contribution in [3.05, 3.63) is 54.0 Å². The minimum Gasteiger partial charge on any atom is -1.00 e. The largest absolute Gasteiger partial charge is 1.00 e. The van der Waals surface area contributed by atoms with Crippen molar-refractivity contribution in [2.75, 3.05) is 5.32 Å². The van der Waals surface area contributed by atoms with Crippen LogP contribution < -0.4 is 56.7 Å². The number of carbonyl (C=O) groups is 2. The van der Waals surface area contributed by atoms with Gasteiger partial charge < -0.3 is 26.0 Å². The first kappa shape index (κ1) is 24.2. The molecule has 0 unspecified atom stereocenters. The molecule has 0 aliphatic carbocycles. The third-order valence-electron chi connectivity index (χ3n) is 4.17. The summed E-state index contributed by atoms with van der Waals surface area (Å²) >= 11 is 0. The van der Waals surface area contributed by atoms with Gasteiger partial charge in [0.15, 0.2) is 5.76 Å². The Labute approximate surface area is 213 Å². The number of phenolic OH excluding ortho intramolecular Hbond substituents is 1. The van der Waals surface area contributed by atoms with Crippen LogP contribution in [0.15, 0.2) is 47.2 Å². The molecule has 1 aromatic carbocycles. The van der Waals surface area contributed by atoms with Crippen LogP contribution >= 0.6 is 0 Å². The SMILES string of the molecule is CCn1cc(NC(=O)C(F)(F)Cc2cc(-c3ccc(O)cc3)on2)c(C(=O)O)c1.[H-].[K+]. The molecule has 0 saturated carbocycles. The molecule has 1 amide bonds. The average Bonchev–Trinajstić information content (AvgIpc) is 3.29. The van der Waals surface area contributed by atoms with E-state index in [-0.39, 0.29) is 81.3 Å². The van der Waals surface area contributed by atoms with Gasteiger partial charge in [0.05, 0.1) is 17.8 Å². The Morgan fingerprint density at radius 1 is 1.27 bits per heavy atom. The summed E-state index contributed by atoms with van der Waals surface area (Å²) in [6.07, 6.45) is 1.49. The molecular weight excluding hydrogens is 427 g/mol. The van der Waals surface area contributed by atoms with Gasteiger partial charge in [0.25, 0.3) is 5.91 Å². The number of benzene rings is 1. The number of carboxylic acid groups (broad SMARTS) is 1. The van der Waals surface area contributed by atoms with Crippen LogP contribution in [0.4, 0.5) is 14.5 Å². The molecule has 0 saturated heterocycles. The third kappa shape index (κ3) is 5.55. The van der Waals surface area contributed by atoms with Crippen molar-refractivity contribution in [1.29, 1.82) is 0 Å². The van der Waals surface area contributed by atoms with E-state index in [1.165, 1.54) is 47.3 Å². The number of aromatic nitrogens is 2. The number of phenols is 1. The van der Waals surface area contributed by atoms with E-state index in [9.17, 15) is 23.5 Å². The molecule has 3 rings (SSSR count). The van der Waals surface area contributed by atoms with Crippen molar-refractivity contribution in [3.63, 3.8) is 0 Å². The molecule has 0 fully saturated rings. The second-order valence-corrected chi connectivity index (χ2v) is 6.29. The number of amides is 1. The van der Waals surface area contributed by atoms with Crippen LogP contribution in [0.3, 0.4) is 0 Å². The molecule has 0 atom stereocenters. The maximum atomic E-state index is 14.4. The number of hydrogen-bond donors (Lipinski definition) is 3. The summed E-state index contributed by atoms with van der Waals surface area (Å²) in [5, 5.41) is 24.0. The van der Waals surface area contributed by atoms with E-state index in [1.807, 2.05) is 5.32 Å². The van der Waals surface area contributed by atoms with Gasteiger partial charge in [0.1, 0.15) is 11.3 Å². The van der Waals surface area contributed by atoms with Gasteiger partial charge >= 0.3 is 63.3 Å². The summed E-state index contributed by atoms with van der Waals surface area (Å²) in [5.41, 5.74) is -0.139. The smallest absolute Gasteiger partial charge is 1.00 e. The first-order chi connectivity index (χ1) is 13.7. The van der Waals surface area contributed by atoms with E-state index in [0.29, 0.717) is 12.1 Å². The number of carbonyl (C=O) groups excluding carboxylic acids is 1. The van der Waals surface area contributed by atoms with Crippen LogP contribution in [0, 0.1) is 0 Å². The number of anilines is 1. The molecule has 8 nitrogen and oxygen atoms in total. The van der Waals surface area contributed by atoms with E-state index >= 15 is 0 Å². The minimum absolute atomic E-state index is 0. The van der Waals surface area contributed by atoms with Crippen LogP contribution in [-0.2, 0) is 17.8 Å². The van der Waals surface area contributed by atoms with E-state index in [1.54, 1.807) is 6.92 Å². The van der Waals surface area contributed by atoms with Gasteiger partial charge in [0, 0.05) is 30.6 Å². The predicted octanol–water partition coefficient (Wildman–Crippen LogP) is 0.500. The zero-order valence-corrected chi connectivity index (χ0v) is 19.3. The zero-order chi connectivity index (χ0) is 21.2. The van der Waals surface area contributed by atoms with Crippen molar-refractivity contribution < 1.29 is 85.9 Å². The molecule has 3 aromatic rings. The molecule has 0 aliphatic heterocycles. The first-order valence-electron chi connectivity index (χ1n) is 8.57. The fourth-order valence-corrected chi connectivity index (χ4v) is 2.64. The predicted molar refractivity (Wildman–Crippen MR) is 99.1 cm³/mol. The minimum atomic E-state index is -3.85. The number of alkyl halides is 2. The number of nitrogens with one attached hydrogen (secondary N) is 1. The Kier molecular flexibility index (Phi) is 7.94. The van der Waals surface area contributed by atoms with Gasteiger partial charge in [-0.1, -0.05) is 5.16 Å². The second kappa shape index (κ2) is 9.84. The van der Waals surface area contributed by atoms with E-state index in [0.717, 1.165) is 0 Å². The fraction of sp³-hybridized carbons (Fsp3) is 0.211. The molecule has 0 bridgehead atoms. The van der Waals surface area contributed by atoms with Crippen molar-refractivity contribution >= 4 is 17.6 Å². The van der Waals surface area contributed by atoms with Gasteiger partial charge in [-0.05, 0) is 31.2 Å². The monoisotopic (exact) mass is 445 g/mol. The zero-order valence-electron chi connectivity index (χ0n) is 17.2. The number of carboxylic acids is 1. The number of nitrogens with zero attached hydrogens (tertiary/aromatic N) is 2. The molecule has 0 spiro atoms. The Hall–Kier alpha value is -2.05. The van der Waals surface area contributed by atoms with Crippen LogP contribution in [0.5, 0.6) is 5.75 Å². The van der Waals surface area contributed by atoms with Crippen LogP contribution in [0.1, 0.15) is 24.4 Å². The van der Waals surface area contributed by atoms with Gasteiger partial charge in [-0.25, -0.2) is 4.79 Å². The van der Waals surface area contributed by atoms with Crippen molar-refractivity contribution in [1.82, 2.24) is 9.72 Å². The molecular formula is C19H18F2KN3O5. The van der Waals surface area contributed by atoms with Crippen molar-refractivity contribution in [2.45, 2.75) is 25.8 Å². The number of halogens is 2. The number of aryl methyl sites for hydroxylation is 1. The summed E-state index contributed by atoms with van der Waals surface area (Å²) in [7, 11) is 0. The Bertz CT molecular complexity index is 1050. The standard InChI is InChI=1S/C19H17F2N3O5.K.H/c1-2-24-9-14(17(26)27)15(10-24)22-18(28)19(20,21)8-12-7-16(29-23-12)11-3-5-13(25)6-4-11;;/h3-7,9-10,25H,2,8H2,1H3,(H,22,28)(H,26,27);;/q;+1;-1. The molecule has 0 aliphatic rings. The van der Waals surface area contributed by atoms with Gasteiger partial charge in [-0.15, -0.1) is 0 Å². The number of rotatable bonds is 7. The Morgan fingerprint density at radius 3 is 2.53 bits per heavy atom. The molecule has 3 N–H and O–H groups in total. The number of aromatic carboxylic acids is 1. The van der Waals surface area contributed by atoms with Crippen LogP contribution in [0.25, 0.3) is 11.3 Å². The van der Waals surface area contributed by atoms with Gasteiger partial charge in [-0.2, -0.15) is 8.78 Å². The maximum absolute atomic E-state index is 14.4. The Balaban J connectivity index is 0.00000240. The second-order valence-electron chi connectivity index (χ2n) is 6.29. The molecule has 2 aromatic heterocycles. The van der Waals surface area contributed by atoms with Crippen LogP contribution in [-0.4, -0.2) is 37.7 Å². The normalized spacial score (nSPS) is 11.0. The van der Waals surface area contributed by atoms with E-state index in [2.05, 4.69) is 5.16 Å². The Morgan fingerprint density at radius 2 is 1.93 bits per heavy atom. The van der Waals surface area contributed by atoms with E-state index < -0.39 is 24.2 Å². The molecule has 0 radical (unpaired) electrons. The molecule has 2 heterocycles. The summed E-state index contributed by atoms with van der Waals surface area (Å²) in [4.78, 5) is 23.3. The van der Waals surface area contributed by atoms with Crippen LogP contribution in [0.2, 0.25) is 0 Å².